The van der Waals surface area contributed by atoms with Crippen LogP contribution >= 0.6 is 0 Å². The molecule has 0 aliphatic carbocycles. The van der Waals surface area contributed by atoms with Crippen molar-refractivity contribution in [3.05, 3.63) is 101 Å². The summed E-state index contributed by atoms with van der Waals surface area (Å²) in [5.41, 5.74) is 3.41. The summed E-state index contributed by atoms with van der Waals surface area (Å²) in [7, 11) is 0. The van der Waals surface area contributed by atoms with Gasteiger partial charge in [-0.05, 0) is 41.0 Å². The summed E-state index contributed by atoms with van der Waals surface area (Å²) >= 11 is 0. The molecule has 0 heterocycles. The van der Waals surface area contributed by atoms with Crippen LogP contribution in [-0.2, 0) is 19.7 Å². The Morgan fingerprint density at radius 2 is 1.25 bits per heavy atom. The van der Waals surface area contributed by atoms with Crippen LogP contribution in [0, 0.1) is 5.82 Å². The van der Waals surface area contributed by atoms with E-state index in [2.05, 4.69) is 17.4 Å². The highest BCUT2D eigenvalue weighted by atomic mass is 19.1. The van der Waals surface area contributed by atoms with Crippen LogP contribution < -0.4 is 10.1 Å². The second-order valence-electron chi connectivity index (χ2n) is 5.65. The van der Waals surface area contributed by atoms with Crippen molar-refractivity contribution < 1.29 is 9.13 Å². The Bertz CT molecular complexity index is 739. The standard InChI is InChI=1S/C21H20FNO/c22-20-10-6-17(7-11-20)14-23-15-18-8-12-21(13-9-18)24-16-19-4-2-1-3-5-19/h1-13,23H,14-16H2. The minimum Gasteiger partial charge on any atom is -0.489 e. The Morgan fingerprint density at radius 1 is 0.667 bits per heavy atom. The lowest BCUT2D eigenvalue weighted by atomic mass is 10.2. The lowest BCUT2D eigenvalue weighted by Gasteiger charge is -2.08. The fourth-order valence-electron chi connectivity index (χ4n) is 2.40. The summed E-state index contributed by atoms with van der Waals surface area (Å²) in [5, 5.41) is 3.35. The molecule has 0 saturated carbocycles. The van der Waals surface area contributed by atoms with Crippen LogP contribution in [-0.4, -0.2) is 0 Å². The second-order valence-corrected chi connectivity index (χ2v) is 5.65. The summed E-state index contributed by atoms with van der Waals surface area (Å²) in [6.07, 6.45) is 0. The third-order valence-electron chi connectivity index (χ3n) is 3.74. The number of nitrogens with one attached hydrogen (secondary N) is 1. The molecule has 3 rings (SSSR count). The summed E-state index contributed by atoms with van der Waals surface area (Å²) in [5.74, 6) is 0.658. The largest absolute Gasteiger partial charge is 0.489 e. The van der Waals surface area contributed by atoms with E-state index < -0.39 is 0 Å². The number of hydrogen-bond donors (Lipinski definition) is 1. The molecule has 1 N–H and O–H groups in total. The maximum Gasteiger partial charge on any atom is 0.123 e. The number of ether oxygens (including phenoxy) is 1. The molecular formula is C21H20FNO. The average Bonchev–Trinajstić information content (AvgIpc) is 2.64. The molecular weight excluding hydrogens is 301 g/mol. The fraction of sp³-hybridized carbons (Fsp3) is 0.143. The van der Waals surface area contributed by atoms with Crippen LogP contribution in [0.5, 0.6) is 5.75 Å². The molecule has 0 amide bonds. The van der Waals surface area contributed by atoms with Gasteiger partial charge < -0.3 is 10.1 Å². The van der Waals surface area contributed by atoms with Gasteiger partial charge in [0.1, 0.15) is 18.2 Å². The molecule has 2 nitrogen and oxygen atoms in total. The summed E-state index contributed by atoms with van der Waals surface area (Å²) in [6.45, 7) is 2.05. The van der Waals surface area contributed by atoms with Gasteiger partial charge in [0.25, 0.3) is 0 Å². The molecule has 0 fully saturated rings. The van der Waals surface area contributed by atoms with Crippen LogP contribution in [0.2, 0.25) is 0 Å². The Labute approximate surface area is 141 Å². The first-order valence-electron chi connectivity index (χ1n) is 8.00. The summed E-state index contributed by atoms with van der Waals surface area (Å²) in [4.78, 5) is 0. The van der Waals surface area contributed by atoms with Crippen molar-refractivity contribution in [2.24, 2.45) is 0 Å². The van der Waals surface area contributed by atoms with Crippen LogP contribution in [0.3, 0.4) is 0 Å². The third-order valence-corrected chi connectivity index (χ3v) is 3.74. The molecule has 0 radical (unpaired) electrons. The maximum absolute atomic E-state index is 12.9. The van der Waals surface area contributed by atoms with E-state index in [9.17, 15) is 4.39 Å². The Hall–Kier alpha value is -2.65. The number of hydrogen-bond acceptors (Lipinski definition) is 2. The van der Waals surface area contributed by atoms with Crippen molar-refractivity contribution in [1.82, 2.24) is 5.32 Å². The van der Waals surface area contributed by atoms with E-state index in [-0.39, 0.29) is 5.82 Å². The second kappa shape index (κ2) is 8.27. The van der Waals surface area contributed by atoms with Crippen molar-refractivity contribution in [2.45, 2.75) is 19.7 Å². The minimum atomic E-state index is -0.204. The summed E-state index contributed by atoms with van der Waals surface area (Å²) < 4.78 is 18.6. The van der Waals surface area contributed by atoms with Crippen LogP contribution in [0.15, 0.2) is 78.9 Å². The van der Waals surface area contributed by atoms with Gasteiger partial charge in [0.05, 0.1) is 0 Å². The molecule has 3 heteroatoms. The van der Waals surface area contributed by atoms with E-state index >= 15 is 0 Å². The average molecular weight is 321 g/mol. The van der Waals surface area contributed by atoms with Gasteiger partial charge in [-0.3, -0.25) is 0 Å². The maximum atomic E-state index is 12.9. The van der Waals surface area contributed by atoms with Gasteiger partial charge in [-0.1, -0.05) is 54.6 Å². The summed E-state index contributed by atoms with van der Waals surface area (Å²) in [6, 6.07) is 24.7. The van der Waals surface area contributed by atoms with Crippen LogP contribution in [0.4, 0.5) is 4.39 Å². The minimum absolute atomic E-state index is 0.204. The van der Waals surface area contributed by atoms with E-state index in [1.807, 2.05) is 42.5 Å². The highest BCUT2D eigenvalue weighted by molar-refractivity contribution is 5.28. The monoisotopic (exact) mass is 321 g/mol. The van der Waals surface area contributed by atoms with Gasteiger partial charge in [-0.25, -0.2) is 4.39 Å². The van der Waals surface area contributed by atoms with E-state index in [1.54, 1.807) is 12.1 Å². The first-order valence-corrected chi connectivity index (χ1v) is 8.00. The zero-order valence-corrected chi connectivity index (χ0v) is 13.4. The predicted molar refractivity (Wildman–Crippen MR) is 94.2 cm³/mol. The topological polar surface area (TPSA) is 21.3 Å². The Morgan fingerprint density at radius 3 is 1.88 bits per heavy atom. The first kappa shape index (κ1) is 16.2. The fourth-order valence-corrected chi connectivity index (χ4v) is 2.40. The van der Waals surface area contributed by atoms with Gasteiger partial charge in [-0.15, -0.1) is 0 Å². The normalized spacial score (nSPS) is 10.5. The van der Waals surface area contributed by atoms with Crippen molar-refractivity contribution in [1.29, 1.82) is 0 Å². The number of rotatable bonds is 7. The van der Waals surface area contributed by atoms with E-state index in [4.69, 9.17) is 4.74 Å². The highest BCUT2D eigenvalue weighted by Crippen LogP contribution is 2.14. The Balaban J connectivity index is 1.45. The molecule has 24 heavy (non-hydrogen) atoms. The van der Waals surface area contributed by atoms with Crippen molar-refractivity contribution in [3.63, 3.8) is 0 Å². The molecule has 0 aliphatic rings. The lowest BCUT2D eigenvalue weighted by molar-refractivity contribution is 0.306. The van der Waals surface area contributed by atoms with Crippen molar-refractivity contribution >= 4 is 0 Å². The van der Waals surface area contributed by atoms with Gasteiger partial charge in [0, 0.05) is 13.1 Å². The molecule has 0 aliphatic heterocycles. The molecule has 122 valence electrons. The van der Waals surface area contributed by atoms with Crippen molar-refractivity contribution in [2.75, 3.05) is 0 Å². The third kappa shape index (κ3) is 4.93. The van der Waals surface area contributed by atoms with E-state index in [0.29, 0.717) is 13.2 Å². The van der Waals surface area contributed by atoms with Gasteiger partial charge in [0.15, 0.2) is 0 Å². The molecule has 0 spiro atoms. The molecule has 3 aromatic carbocycles. The zero-order valence-electron chi connectivity index (χ0n) is 13.4. The molecule has 0 atom stereocenters. The molecule has 3 aromatic rings. The van der Waals surface area contributed by atoms with Crippen LogP contribution in [0.25, 0.3) is 0 Å². The molecule has 0 saturated heterocycles. The van der Waals surface area contributed by atoms with Crippen molar-refractivity contribution in [3.8, 4) is 5.75 Å². The number of benzene rings is 3. The number of halogens is 1. The molecule has 0 bridgehead atoms. The highest BCUT2D eigenvalue weighted by Gasteiger charge is 1.98. The van der Waals surface area contributed by atoms with Crippen LogP contribution in [0.1, 0.15) is 16.7 Å². The van der Waals surface area contributed by atoms with Gasteiger partial charge >= 0.3 is 0 Å². The Kier molecular flexibility index (Phi) is 5.59. The molecule has 0 unspecified atom stereocenters. The quantitative estimate of drug-likeness (QED) is 0.681. The van der Waals surface area contributed by atoms with Gasteiger partial charge in [0.2, 0.25) is 0 Å². The smallest absolute Gasteiger partial charge is 0.123 e. The van der Waals surface area contributed by atoms with E-state index in [0.717, 1.165) is 23.4 Å². The SMILES string of the molecule is Fc1ccc(CNCc2ccc(OCc3ccccc3)cc2)cc1. The first-order chi connectivity index (χ1) is 11.8. The lowest BCUT2D eigenvalue weighted by Crippen LogP contribution is -2.12. The van der Waals surface area contributed by atoms with Gasteiger partial charge in [-0.2, -0.15) is 0 Å². The predicted octanol–water partition coefficient (Wildman–Crippen LogP) is 4.69. The zero-order chi connectivity index (χ0) is 16.6. The molecule has 0 aromatic heterocycles. The van der Waals surface area contributed by atoms with E-state index in [1.165, 1.54) is 17.7 Å².